The van der Waals surface area contributed by atoms with E-state index >= 15 is 0 Å². The topological polar surface area (TPSA) is 42.3 Å². The average molecular weight is 358 g/mol. The van der Waals surface area contributed by atoms with Crippen molar-refractivity contribution >= 4 is 11.6 Å². The quantitative estimate of drug-likeness (QED) is 0.656. The summed E-state index contributed by atoms with van der Waals surface area (Å²) >= 11 is 0. The predicted molar refractivity (Wildman–Crippen MR) is 105 cm³/mol. The Morgan fingerprint density at radius 1 is 0.926 bits per heavy atom. The number of aromatic nitrogens is 1. The van der Waals surface area contributed by atoms with Gasteiger partial charge in [-0.1, -0.05) is 54.6 Å². The van der Waals surface area contributed by atoms with Crippen molar-refractivity contribution in [2.75, 3.05) is 13.1 Å². The Morgan fingerprint density at radius 2 is 1.63 bits per heavy atom. The number of rotatable bonds is 5. The summed E-state index contributed by atoms with van der Waals surface area (Å²) in [6.45, 7) is 2.05. The first-order chi connectivity index (χ1) is 13.1. The Bertz CT molecular complexity index is 989. The molecular formula is C23H22N2O2. The van der Waals surface area contributed by atoms with Gasteiger partial charge in [-0.05, 0) is 23.6 Å². The summed E-state index contributed by atoms with van der Waals surface area (Å²) in [4.78, 5) is 27.6. The highest BCUT2D eigenvalue weighted by Gasteiger charge is 2.21. The van der Waals surface area contributed by atoms with Gasteiger partial charge in [-0.3, -0.25) is 14.5 Å². The summed E-state index contributed by atoms with van der Waals surface area (Å²) in [5.74, 6) is -0.0128. The van der Waals surface area contributed by atoms with E-state index in [0.29, 0.717) is 23.4 Å². The van der Waals surface area contributed by atoms with Crippen LogP contribution in [0, 0.1) is 0 Å². The van der Waals surface area contributed by atoms with Crippen molar-refractivity contribution < 1.29 is 9.59 Å². The van der Waals surface area contributed by atoms with E-state index < -0.39 is 0 Å². The van der Waals surface area contributed by atoms with E-state index in [4.69, 9.17) is 0 Å². The summed E-state index contributed by atoms with van der Waals surface area (Å²) in [5.41, 5.74) is 4.43. The highest BCUT2D eigenvalue weighted by molar-refractivity contribution is 6.09. The average Bonchev–Trinajstić information content (AvgIpc) is 3.10. The van der Waals surface area contributed by atoms with Crippen molar-refractivity contribution in [3.8, 4) is 0 Å². The lowest BCUT2D eigenvalue weighted by molar-refractivity contribution is 0.0921. The Morgan fingerprint density at radius 3 is 2.41 bits per heavy atom. The molecule has 1 aromatic heterocycles. The van der Waals surface area contributed by atoms with Gasteiger partial charge in [0.2, 0.25) is 5.78 Å². The van der Waals surface area contributed by atoms with Gasteiger partial charge >= 0.3 is 0 Å². The number of hydrogen-bond donors (Lipinski definition) is 0. The number of carbonyl (C=O) groups excluding carboxylic acids is 2. The van der Waals surface area contributed by atoms with Crippen molar-refractivity contribution in [1.29, 1.82) is 0 Å². The van der Waals surface area contributed by atoms with Gasteiger partial charge in [0.15, 0.2) is 5.78 Å². The predicted octanol–water partition coefficient (Wildman–Crippen LogP) is 3.50. The fourth-order valence-electron chi connectivity index (χ4n) is 3.66. The molecular weight excluding hydrogens is 336 g/mol. The Labute approximate surface area is 159 Å². The second-order valence-corrected chi connectivity index (χ2v) is 7.07. The van der Waals surface area contributed by atoms with Gasteiger partial charge in [-0.2, -0.15) is 0 Å². The number of aryl methyl sites for hydroxylation is 1. The lowest BCUT2D eigenvalue weighted by Crippen LogP contribution is -2.34. The molecule has 3 aromatic rings. The van der Waals surface area contributed by atoms with Crippen LogP contribution in [-0.4, -0.2) is 34.1 Å². The first-order valence-corrected chi connectivity index (χ1v) is 9.20. The van der Waals surface area contributed by atoms with Crippen molar-refractivity contribution in [3.05, 3.63) is 94.8 Å². The van der Waals surface area contributed by atoms with Crippen molar-refractivity contribution in [1.82, 2.24) is 9.47 Å². The highest BCUT2D eigenvalue weighted by Crippen LogP contribution is 2.19. The fraction of sp³-hybridized carbons (Fsp3) is 0.217. The first kappa shape index (κ1) is 17.4. The number of fused-ring (bicyclic) bond motifs is 1. The molecule has 1 aliphatic heterocycles. The van der Waals surface area contributed by atoms with Crippen LogP contribution in [0.5, 0.6) is 0 Å². The second kappa shape index (κ2) is 7.33. The third kappa shape index (κ3) is 3.62. The molecule has 4 rings (SSSR count). The largest absolute Gasteiger partial charge is 0.347 e. The number of carbonyl (C=O) groups is 2. The smallest absolute Gasteiger partial charge is 0.209 e. The summed E-state index contributed by atoms with van der Waals surface area (Å²) < 4.78 is 1.74. The molecule has 4 nitrogen and oxygen atoms in total. The first-order valence-electron chi connectivity index (χ1n) is 9.20. The van der Waals surface area contributed by atoms with Crippen LogP contribution in [0.2, 0.25) is 0 Å². The normalized spacial score (nSPS) is 14.0. The number of benzene rings is 2. The number of ketones is 2. The van der Waals surface area contributed by atoms with E-state index in [1.54, 1.807) is 29.0 Å². The maximum Gasteiger partial charge on any atom is 0.209 e. The van der Waals surface area contributed by atoms with Crippen LogP contribution < -0.4 is 0 Å². The molecule has 0 amide bonds. The molecule has 0 spiro atoms. The monoisotopic (exact) mass is 358 g/mol. The van der Waals surface area contributed by atoms with Gasteiger partial charge in [0.05, 0.1) is 12.2 Å². The minimum Gasteiger partial charge on any atom is -0.347 e. The third-order valence-corrected chi connectivity index (χ3v) is 5.17. The second-order valence-electron chi connectivity index (χ2n) is 7.07. The SMILES string of the molecule is Cn1cc(C(=O)CN2CCc3ccccc3C2)cc1C(=O)c1ccccc1. The molecule has 0 atom stereocenters. The number of Topliss-reactive ketones (excluding diaryl/α,β-unsaturated/α-hetero) is 1. The zero-order chi connectivity index (χ0) is 18.8. The van der Waals surface area contributed by atoms with Gasteiger partial charge in [0, 0.05) is 37.5 Å². The van der Waals surface area contributed by atoms with E-state index in [-0.39, 0.29) is 11.6 Å². The molecule has 136 valence electrons. The molecule has 0 fully saturated rings. The van der Waals surface area contributed by atoms with E-state index in [1.165, 1.54) is 11.1 Å². The minimum absolute atomic E-state index is 0.0529. The lowest BCUT2D eigenvalue weighted by atomic mass is 9.99. The Hall–Kier alpha value is -2.98. The lowest BCUT2D eigenvalue weighted by Gasteiger charge is -2.27. The van der Waals surface area contributed by atoms with Gasteiger partial charge in [0.1, 0.15) is 0 Å². The van der Waals surface area contributed by atoms with E-state index in [0.717, 1.165) is 19.5 Å². The third-order valence-electron chi connectivity index (χ3n) is 5.17. The zero-order valence-corrected chi connectivity index (χ0v) is 15.4. The molecule has 27 heavy (non-hydrogen) atoms. The highest BCUT2D eigenvalue weighted by atomic mass is 16.1. The van der Waals surface area contributed by atoms with Crippen LogP contribution in [0.3, 0.4) is 0 Å². The summed E-state index contributed by atoms with van der Waals surface area (Å²) in [6.07, 6.45) is 2.73. The molecule has 0 saturated carbocycles. The van der Waals surface area contributed by atoms with Crippen LogP contribution in [0.15, 0.2) is 66.9 Å². The minimum atomic E-state index is -0.0657. The summed E-state index contributed by atoms with van der Waals surface area (Å²) in [6, 6.07) is 19.3. The molecule has 2 aromatic carbocycles. The fourth-order valence-corrected chi connectivity index (χ4v) is 3.66. The molecule has 2 heterocycles. The number of hydrogen-bond acceptors (Lipinski definition) is 3. The van der Waals surface area contributed by atoms with Gasteiger partial charge in [-0.15, -0.1) is 0 Å². The molecule has 0 saturated heterocycles. The molecule has 0 bridgehead atoms. The molecule has 0 radical (unpaired) electrons. The molecule has 0 unspecified atom stereocenters. The van der Waals surface area contributed by atoms with Crippen LogP contribution in [0.25, 0.3) is 0 Å². The van der Waals surface area contributed by atoms with Crippen molar-refractivity contribution in [3.63, 3.8) is 0 Å². The van der Waals surface area contributed by atoms with Crippen molar-refractivity contribution in [2.24, 2.45) is 7.05 Å². The van der Waals surface area contributed by atoms with E-state index in [9.17, 15) is 9.59 Å². The molecule has 0 aliphatic carbocycles. The maximum atomic E-state index is 12.8. The van der Waals surface area contributed by atoms with E-state index in [1.807, 2.05) is 31.3 Å². The Kier molecular flexibility index (Phi) is 4.73. The van der Waals surface area contributed by atoms with Crippen molar-refractivity contribution in [2.45, 2.75) is 13.0 Å². The molecule has 1 aliphatic rings. The summed E-state index contributed by atoms with van der Waals surface area (Å²) in [7, 11) is 1.81. The van der Waals surface area contributed by atoms with Crippen LogP contribution in [0.1, 0.15) is 37.5 Å². The van der Waals surface area contributed by atoms with E-state index in [2.05, 4.69) is 23.1 Å². The summed E-state index contributed by atoms with van der Waals surface area (Å²) in [5, 5.41) is 0. The standard InChI is InChI=1S/C23H22N2O2/c1-24-14-20(13-21(24)23(27)18-8-3-2-4-9-18)22(26)16-25-12-11-17-7-5-6-10-19(17)15-25/h2-10,13-14H,11-12,15-16H2,1H3. The van der Waals surface area contributed by atoms with Crippen LogP contribution in [-0.2, 0) is 20.0 Å². The van der Waals surface area contributed by atoms with Gasteiger partial charge < -0.3 is 4.57 Å². The van der Waals surface area contributed by atoms with Gasteiger partial charge in [-0.25, -0.2) is 0 Å². The van der Waals surface area contributed by atoms with Crippen LogP contribution in [0.4, 0.5) is 0 Å². The molecule has 0 N–H and O–H groups in total. The zero-order valence-electron chi connectivity index (χ0n) is 15.4. The van der Waals surface area contributed by atoms with Gasteiger partial charge in [0.25, 0.3) is 0 Å². The Balaban J connectivity index is 1.48. The number of nitrogens with zero attached hydrogens (tertiary/aromatic N) is 2. The molecule has 4 heteroatoms. The van der Waals surface area contributed by atoms with Crippen LogP contribution >= 0.6 is 0 Å². The maximum absolute atomic E-state index is 12.8.